The Morgan fingerprint density at radius 3 is 2.58 bits per heavy atom. The summed E-state index contributed by atoms with van der Waals surface area (Å²) in [6.45, 7) is 0.0446. The van der Waals surface area contributed by atoms with Gasteiger partial charge in [0, 0.05) is 12.0 Å². The highest BCUT2D eigenvalue weighted by Crippen LogP contribution is 2.37. The highest BCUT2D eigenvalue weighted by Gasteiger charge is 2.29. The van der Waals surface area contributed by atoms with Crippen molar-refractivity contribution in [3.8, 4) is 11.5 Å². The number of imide groups is 1. The van der Waals surface area contributed by atoms with Crippen LogP contribution in [0.3, 0.4) is 0 Å². The molecule has 24 heavy (non-hydrogen) atoms. The van der Waals surface area contributed by atoms with Crippen LogP contribution in [0.5, 0.6) is 11.5 Å². The van der Waals surface area contributed by atoms with E-state index in [-0.39, 0.29) is 19.4 Å². The molecule has 2 rings (SSSR count). The smallest absolute Gasteiger partial charge is 0.322 e. The van der Waals surface area contributed by atoms with Crippen LogP contribution in [0.15, 0.2) is 16.6 Å². The van der Waals surface area contributed by atoms with Crippen LogP contribution in [0.1, 0.15) is 18.4 Å². The van der Waals surface area contributed by atoms with Gasteiger partial charge >= 0.3 is 12.0 Å². The quantitative estimate of drug-likeness (QED) is 0.530. The topological polar surface area (TPSA) is 103 Å². The molecule has 1 atom stereocenters. The number of esters is 1. The fourth-order valence-electron chi connectivity index (χ4n) is 2.20. The standard InChI is InChI=1S/C15H17BrN2O6/c1-22-10-5-3-8(12(16)13(10)23-2)7-24-11(19)6-4-9-14(20)18-15(21)17-9/h3,5,9H,4,6-7H2,1-2H3,(H2,17,18,20,21)/t9-/m0/s1. The fraction of sp³-hybridized carbons (Fsp3) is 0.400. The maximum Gasteiger partial charge on any atom is 0.322 e. The van der Waals surface area contributed by atoms with Crippen molar-refractivity contribution in [1.29, 1.82) is 0 Å². The number of rotatable bonds is 7. The van der Waals surface area contributed by atoms with Gasteiger partial charge in [0.1, 0.15) is 12.6 Å². The molecule has 1 aliphatic heterocycles. The van der Waals surface area contributed by atoms with Crippen molar-refractivity contribution in [2.75, 3.05) is 14.2 Å². The first-order valence-corrected chi connectivity index (χ1v) is 7.92. The minimum atomic E-state index is -0.696. The highest BCUT2D eigenvalue weighted by atomic mass is 79.9. The number of nitrogens with one attached hydrogen (secondary N) is 2. The molecular formula is C15H17BrN2O6. The molecule has 1 fully saturated rings. The maximum atomic E-state index is 11.8. The van der Waals surface area contributed by atoms with Gasteiger partial charge in [-0.15, -0.1) is 0 Å². The first-order chi connectivity index (χ1) is 11.5. The molecule has 1 saturated heterocycles. The molecule has 0 aliphatic carbocycles. The summed E-state index contributed by atoms with van der Waals surface area (Å²) in [6, 6.07) is 2.22. The number of benzene rings is 1. The van der Waals surface area contributed by atoms with Crippen LogP contribution in [0.4, 0.5) is 4.79 Å². The van der Waals surface area contributed by atoms with Gasteiger partial charge < -0.3 is 19.5 Å². The summed E-state index contributed by atoms with van der Waals surface area (Å²) in [6.07, 6.45) is 0.201. The van der Waals surface area contributed by atoms with Gasteiger partial charge in [-0.3, -0.25) is 14.9 Å². The average Bonchev–Trinajstić information content (AvgIpc) is 2.88. The van der Waals surface area contributed by atoms with Crippen molar-refractivity contribution >= 4 is 33.8 Å². The molecule has 0 radical (unpaired) electrons. The van der Waals surface area contributed by atoms with Crippen molar-refractivity contribution in [3.05, 3.63) is 22.2 Å². The third-order valence-corrected chi connectivity index (χ3v) is 4.32. The van der Waals surface area contributed by atoms with Gasteiger partial charge in [-0.05, 0) is 28.4 Å². The summed E-state index contributed by atoms with van der Waals surface area (Å²) >= 11 is 3.39. The Morgan fingerprint density at radius 1 is 1.25 bits per heavy atom. The average molecular weight is 401 g/mol. The van der Waals surface area contributed by atoms with Crippen LogP contribution < -0.4 is 20.1 Å². The van der Waals surface area contributed by atoms with E-state index in [9.17, 15) is 14.4 Å². The summed E-state index contributed by atoms with van der Waals surface area (Å²) in [5, 5.41) is 4.53. The normalized spacial score (nSPS) is 16.4. The molecule has 8 nitrogen and oxygen atoms in total. The van der Waals surface area contributed by atoms with E-state index < -0.39 is 23.9 Å². The minimum absolute atomic E-state index is 0.0171. The van der Waals surface area contributed by atoms with Gasteiger partial charge in [-0.2, -0.15) is 0 Å². The Hall–Kier alpha value is -2.29. The van der Waals surface area contributed by atoms with Gasteiger partial charge in [0.2, 0.25) is 0 Å². The number of hydrogen-bond donors (Lipinski definition) is 2. The van der Waals surface area contributed by atoms with Gasteiger partial charge in [0.05, 0.1) is 18.7 Å². The summed E-state index contributed by atoms with van der Waals surface area (Å²) in [7, 11) is 3.04. The Morgan fingerprint density at radius 2 is 2.00 bits per heavy atom. The van der Waals surface area contributed by atoms with Gasteiger partial charge in [-0.25, -0.2) is 4.79 Å². The Balaban J connectivity index is 1.88. The zero-order chi connectivity index (χ0) is 17.7. The Labute approximate surface area is 147 Å². The van der Waals surface area contributed by atoms with E-state index in [0.717, 1.165) is 0 Å². The lowest BCUT2D eigenvalue weighted by atomic mass is 10.1. The second-order valence-corrected chi connectivity index (χ2v) is 5.78. The lowest BCUT2D eigenvalue weighted by Crippen LogP contribution is -2.29. The number of carbonyl (C=O) groups is 3. The summed E-state index contributed by atoms with van der Waals surface area (Å²) in [5.74, 6) is 0.167. The van der Waals surface area contributed by atoms with E-state index in [4.69, 9.17) is 14.2 Å². The molecule has 130 valence electrons. The molecule has 0 aromatic heterocycles. The lowest BCUT2D eigenvalue weighted by Gasteiger charge is -2.13. The molecule has 9 heteroatoms. The summed E-state index contributed by atoms with van der Waals surface area (Å²) in [5.41, 5.74) is 0.716. The molecule has 1 aromatic carbocycles. The van der Waals surface area contributed by atoms with E-state index in [1.165, 1.54) is 14.2 Å². The highest BCUT2D eigenvalue weighted by molar-refractivity contribution is 9.10. The lowest BCUT2D eigenvalue weighted by molar-refractivity contribution is -0.145. The number of hydrogen-bond acceptors (Lipinski definition) is 6. The molecule has 1 heterocycles. The van der Waals surface area contributed by atoms with E-state index in [2.05, 4.69) is 26.6 Å². The monoisotopic (exact) mass is 400 g/mol. The second kappa shape index (κ2) is 8.00. The molecule has 0 bridgehead atoms. The predicted octanol–water partition coefficient (Wildman–Crippen LogP) is 1.50. The summed E-state index contributed by atoms with van der Waals surface area (Å²) in [4.78, 5) is 34.2. The third-order valence-electron chi connectivity index (χ3n) is 3.45. The molecule has 3 amide bonds. The van der Waals surface area contributed by atoms with Crippen molar-refractivity contribution in [3.63, 3.8) is 0 Å². The fourth-order valence-corrected chi connectivity index (χ4v) is 2.80. The molecule has 1 aromatic rings. The predicted molar refractivity (Wildman–Crippen MR) is 86.7 cm³/mol. The van der Waals surface area contributed by atoms with Crippen LogP contribution in [-0.2, 0) is 20.9 Å². The number of ether oxygens (including phenoxy) is 3. The van der Waals surface area contributed by atoms with Crippen molar-refractivity contribution in [2.45, 2.75) is 25.5 Å². The Kier molecular flexibility index (Phi) is 6.02. The van der Waals surface area contributed by atoms with Crippen LogP contribution in [-0.4, -0.2) is 38.2 Å². The van der Waals surface area contributed by atoms with Crippen LogP contribution in [0.25, 0.3) is 0 Å². The maximum absolute atomic E-state index is 11.8. The van der Waals surface area contributed by atoms with Crippen LogP contribution in [0, 0.1) is 0 Å². The van der Waals surface area contributed by atoms with Gasteiger partial charge in [-0.1, -0.05) is 6.07 Å². The SMILES string of the molecule is COc1ccc(COC(=O)CC[C@@H]2NC(=O)NC2=O)c(Br)c1OC. The van der Waals surface area contributed by atoms with Crippen LogP contribution in [0.2, 0.25) is 0 Å². The molecule has 0 saturated carbocycles. The number of carbonyl (C=O) groups excluding carboxylic acids is 3. The zero-order valence-electron chi connectivity index (χ0n) is 13.2. The number of amides is 3. The van der Waals surface area contributed by atoms with Crippen molar-refractivity contribution in [1.82, 2.24) is 10.6 Å². The molecule has 2 N–H and O–H groups in total. The number of halogens is 1. The van der Waals surface area contributed by atoms with E-state index in [1.807, 2.05) is 0 Å². The minimum Gasteiger partial charge on any atom is -0.493 e. The zero-order valence-corrected chi connectivity index (χ0v) is 14.8. The molecule has 0 spiro atoms. The largest absolute Gasteiger partial charge is 0.493 e. The van der Waals surface area contributed by atoms with Gasteiger partial charge in [0.25, 0.3) is 5.91 Å². The van der Waals surface area contributed by atoms with E-state index in [0.29, 0.717) is 21.5 Å². The molecular weight excluding hydrogens is 384 g/mol. The number of urea groups is 1. The molecule has 1 aliphatic rings. The first kappa shape index (κ1) is 18.1. The van der Waals surface area contributed by atoms with E-state index in [1.54, 1.807) is 12.1 Å². The first-order valence-electron chi connectivity index (χ1n) is 7.12. The molecule has 0 unspecified atom stereocenters. The third kappa shape index (κ3) is 4.16. The number of methoxy groups -OCH3 is 2. The summed E-state index contributed by atoms with van der Waals surface area (Å²) < 4.78 is 16.3. The second-order valence-electron chi connectivity index (χ2n) is 4.99. The van der Waals surface area contributed by atoms with Crippen LogP contribution >= 0.6 is 15.9 Å². The van der Waals surface area contributed by atoms with E-state index >= 15 is 0 Å². The van der Waals surface area contributed by atoms with Crippen molar-refractivity contribution < 1.29 is 28.6 Å². The van der Waals surface area contributed by atoms with Gasteiger partial charge in [0.15, 0.2) is 11.5 Å². The van der Waals surface area contributed by atoms with Crippen molar-refractivity contribution in [2.24, 2.45) is 0 Å². The Bertz CT molecular complexity index is 664.